The van der Waals surface area contributed by atoms with Crippen molar-refractivity contribution in [1.29, 1.82) is 0 Å². The molecule has 0 aliphatic carbocycles. The molecule has 0 unspecified atom stereocenters. The van der Waals surface area contributed by atoms with Gasteiger partial charge in [-0.25, -0.2) is 0 Å². The maximum Gasteiger partial charge on any atom is 0.231 e. The van der Waals surface area contributed by atoms with Crippen LogP contribution in [0.2, 0.25) is 0 Å². The van der Waals surface area contributed by atoms with Gasteiger partial charge < -0.3 is 18.9 Å². The second kappa shape index (κ2) is 4.35. The molecule has 4 nitrogen and oxygen atoms in total. The summed E-state index contributed by atoms with van der Waals surface area (Å²) in [7, 11) is 3.18. The quantitative estimate of drug-likeness (QED) is 0.787. The third kappa shape index (κ3) is 1.56. The van der Waals surface area contributed by atoms with Crippen LogP contribution in [-0.2, 0) is 0 Å². The molecule has 4 heteroatoms. The molecule has 2 rings (SSSR count). The van der Waals surface area contributed by atoms with E-state index in [4.69, 9.17) is 18.9 Å². The second-order valence-electron chi connectivity index (χ2n) is 3.27. The minimum absolute atomic E-state index is 0.212. The summed E-state index contributed by atoms with van der Waals surface area (Å²) in [6, 6.07) is 1.87. The van der Waals surface area contributed by atoms with Gasteiger partial charge in [0.15, 0.2) is 11.5 Å². The van der Waals surface area contributed by atoms with E-state index in [-0.39, 0.29) is 6.79 Å². The average molecular weight is 222 g/mol. The summed E-state index contributed by atoms with van der Waals surface area (Å²) < 4.78 is 21.3. The Balaban J connectivity index is 2.62. The number of fused-ring (bicyclic) bond motifs is 1. The molecule has 1 aromatic carbocycles. The zero-order valence-electron chi connectivity index (χ0n) is 9.57. The molecule has 0 atom stereocenters. The summed E-state index contributed by atoms with van der Waals surface area (Å²) in [5, 5.41) is 0. The van der Waals surface area contributed by atoms with E-state index in [2.05, 4.69) is 0 Å². The van der Waals surface area contributed by atoms with E-state index in [0.717, 1.165) is 5.56 Å². The predicted molar refractivity (Wildman–Crippen MR) is 60.4 cm³/mol. The molecule has 86 valence electrons. The highest BCUT2D eigenvalue weighted by atomic mass is 16.7. The molecule has 0 bridgehead atoms. The van der Waals surface area contributed by atoms with Crippen LogP contribution in [0.3, 0.4) is 0 Å². The van der Waals surface area contributed by atoms with E-state index in [9.17, 15) is 0 Å². The van der Waals surface area contributed by atoms with Crippen LogP contribution >= 0.6 is 0 Å². The fraction of sp³-hybridized carbons (Fsp3) is 0.333. The van der Waals surface area contributed by atoms with Crippen molar-refractivity contribution in [1.82, 2.24) is 0 Å². The maximum atomic E-state index is 5.42. The van der Waals surface area contributed by atoms with Crippen molar-refractivity contribution in [2.24, 2.45) is 0 Å². The van der Waals surface area contributed by atoms with Crippen molar-refractivity contribution in [2.45, 2.75) is 6.92 Å². The highest BCUT2D eigenvalue weighted by Gasteiger charge is 2.25. The number of hydrogen-bond acceptors (Lipinski definition) is 4. The molecule has 1 aliphatic heterocycles. The number of benzene rings is 1. The van der Waals surface area contributed by atoms with Crippen molar-refractivity contribution in [3.8, 4) is 23.0 Å². The van der Waals surface area contributed by atoms with Crippen molar-refractivity contribution < 1.29 is 18.9 Å². The first-order valence-electron chi connectivity index (χ1n) is 4.99. The Labute approximate surface area is 94.4 Å². The minimum atomic E-state index is 0.212. The Morgan fingerprint density at radius 2 is 1.94 bits per heavy atom. The lowest BCUT2D eigenvalue weighted by Crippen LogP contribution is -1.94. The van der Waals surface area contributed by atoms with Crippen LogP contribution in [0.1, 0.15) is 12.5 Å². The fourth-order valence-electron chi connectivity index (χ4n) is 1.69. The molecular formula is C12H14O4. The Kier molecular flexibility index (Phi) is 2.90. The van der Waals surface area contributed by atoms with E-state index in [1.807, 2.05) is 25.1 Å². The van der Waals surface area contributed by atoms with Gasteiger partial charge in [0, 0.05) is 5.56 Å². The Bertz CT molecular complexity index is 424. The van der Waals surface area contributed by atoms with E-state index >= 15 is 0 Å². The van der Waals surface area contributed by atoms with Crippen molar-refractivity contribution in [3.05, 3.63) is 17.7 Å². The van der Waals surface area contributed by atoms with Crippen LogP contribution in [0.25, 0.3) is 6.08 Å². The molecule has 0 radical (unpaired) electrons. The average Bonchev–Trinajstić information content (AvgIpc) is 2.78. The lowest BCUT2D eigenvalue weighted by atomic mass is 10.1. The SMILES string of the molecule is CC=Cc1cc(OC)c(OC)c2c1OCO2. The number of rotatable bonds is 3. The largest absolute Gasteiger partial charge is 0.493 e. The van der Waals surface area contributed by atoms with Crippen LogP contribution in [0, 0.1) is 0 Å². The summed E-state index contributed by atoms with van der Waals surface area (Å²) in [4.78, 5) is 0. The molecule has 1 aliphatic rings. The van der Waals surface area contributed by atoms with Crippen LogP contribution in [0.15, 0.2) is 12.1 Å². The first kappa shape index (κ1) is 10.7. The normalized spacial score (nSPS) is 13.2. The number of methoxy groups -OCH3 is 2. The molecule has 0 saturated carbocycles. The first-order valence-corrected chi connectivity index (χ1v) is 4.99. The zero-order valence-corrected chi connectivity index (χ0v) is 9.57. The standard InChI is InChI=1S/C12H14O4/c1-4-5-8-6-9(13-2)11(14-3)12-10(8)15-7-16-12/h4-6H,7H2,1-3H3. The van der Waals surface area contributed by atoms with Gasteiger partial charge in [-0.2, -0.15) is 0 Å². The van der Waals surface area contributed by atoms with Gasteiger partial charge in [-0.1, -0.05) is 12.2 Å². The van der Waals surface area contributed by atoms with Crippen molar-refractivity contribution >= 4 is 6.08 Å². The lowest BCUT2D eigenvalue weighted by molar-refractivity contribution is 0.170. The first-order chi connectivity index (χ1) is 7.81. The molecule has 0 amide bonds. The van der Waals surface area contributed by atoms with Crippen LogP contribution in [-0.4, -0.2) is 21.0 Å². The van der Waals surface area contributed by atoms with Gasteiger partial charge in [-0.05, 0) is 13.0 Å². The van der Waals surface area contributed by atoms with Gasteiger partial charge in [0.1, 0.15) is 0 Å². The van der Waals surface area contributed by atoms with E-state index in [1.54, 1.807) is 14.2 Å². The third-order valence-corrected chi connectivity index (χ3v) is 2.36. The minimum Gasteiger partial charge on any atom is -0.493 e. The number of ether oxygens (including phenoxy) is 4. The maximum absolute atomic E-state index is 5.42. The molecule has 0 aromatic heterocycles. The molecule has 1 heterocycles. The van der Waals surface area contributed by atoms with Gasteiger partial charge in [-0.3, -0.25) is 0 Å². The van der Waals surface area contributed by atoms with Gasteiger partial charge in [0.25, 0.3) is 0 Å². The zero-order chi connectivity index (χ0) is 11.5. The summed E-state index contributed by atoms with van der Waals surface area (Å²) in [5.41, 5.74) is 0.924. The Morgan fingerprint density at radius 3 is 2.56 bits per heavy atom. The molecule has 1 aromatic rings. The van der Waals surface area contributed by atoms with Crippen molar-refractivity contribution in [2.75, 3.05) is 21.0 Å². The topological polar surface area (TPSA) is 36.9 Å². The van der Waals surface area contributed by atoms with Gasteiger partial charge in [0.05, 0.1) is 14.2 Å². The van der Waals surface area contributed by atoms with Gasteiger partial charge in [-0.15, -0.1) is 0 Å². The van der Waals surface area contributed by atoms with Crippen LogP contribution < -0.4 is 18.9 Å². The summed E-state index contributed by atoms with van der Waals surface area (Å²) >= 11 is 0. The summed E-state index contributed by atoms with van der Waals surface area (Å²) in [5.74, 6) is 2.52. The van der Waals surface area contributed by atoms with Crippen LogP contribution in [0.4, 0.5) is 0 Å². The Morgan fingerprint density at radius 1 is 1.19 bits per heavy atom. The second-order valence-corrected chi connectivity index (χ2v) is 3.27. The summed E-state index contributed by atoms with van der Waals surface area (Å²) in [6.45, 7) is 2.16. The predicted octanol–water partition coefficient (Wildman–Crippen LogP) is 2.47. The van der Waals surface area contributed by atoms with E-state index < -0.39 is 0 Å². The molecule has 0 spiro atoms. The number of hydrogen-bond donors (Lipinski definition) is 0. The monoisotopic (exact) mass is 222 g/mol. The fourth-order valence-corrected chi connectivity index (χ4v) is 1.69. The van der Waals surface area contributed by atoms with Gasteiger partial charge in [0.2, 0.25) is 18.3 Å². The third-order valence-electron chi connectivity index (χ3n) is 2.36. The number of allylic oxidation sites excluding steroid dienone is 1. The van der Waals surface area contributed by atoms with Crippen molar-refractivity contribution in [3.63, 3.8) is 0 Å². The van der Waals surface area contributed by atoms with Gasteiger partial charge >= 0.3 is 0 Å². The lowest BCUT2D eigenvalue weighted by Gasteiger charge is -2.11. The van der Waals surface area contributed by atoms with Crippen LogP contribution in [0.5, 0.6) is 23.0 Å². The molecule has 0 saturated heterocycles. The van der Waals surface area contributed by atoms with E-state index in [1.165, 1.54) is 0 Å². The smallest absolute Gasteiger partial charge is 0.231 e. The molecule has 0 N–H and O–H groups in total. The highest BCUT2D eigenvalue weighted by Crippen LogP contribution is 2.49. The molecule has 0 fully saturated rings. The van der Waals surface area contributed by atoms with E-state index in [0.29, 0.717) is 23.0 Å². The molecular weight excluding hydrogens is 208 g/mol. The highest BCUT2D eigenvalue weighted by molar-refractivity contribution is 5.71. The molecule has 16 heavy (non-hydrogen) atoms. The Hall–Kier alpha value is -1.84. The summed E-state index contributed by atoms with van der Waals surface area (Å²) in [6.07, 6.45) is 3.87.